The number of aromatic nitrogens is 4. The molecule has 0 aliphatic heterocycles. The van der Waals surface area contributed by atoms with Crippen molar-refractivity contribution in [2.75, 3.05) is 11.5 Å². The normalized spacial score (nSPS) is 13.1. The van der Waals surface area contributed by atoms with Crippen LogP contribution in [0.5, 0.6) is 0 Å². The van der Waals surface area contributed by atoms with Crippen molar-refractivity contribution in [2.24, 2.45) is 0 Å². The van der Waals surface area contributed by atoms with Gasteiger partial charge in [0.1, 0.15) is 34.8 Å². The van der Waals surface area contributed by atoms with Gasteiger partial charge in [0.25, 0.3) is 0 Å². The van der Waals surface area contributed by atoms with Crippen LogP contribution >= 0.6 is 0 Å². The number of benzene rings is 8. The van der Waals surface area contributed by atoms with Gasteiger partial charge in [0.15, 0.2) is 0 Å². The minimum atomic E-state index is -4.62. The van der Waals surface area contributed by atoms with Gasteiger partial charge < -0.3 is 18.6 Å². The molecule has 10 rings (SSSR count). The molecular formula is C71H66F6N6O7S2. The second-order valence-corrected chi connectivity index (χ2v) is 26.0. The van der Waals surface area contributed by atoms with Crippen LogP contribution in [0.25, 0.3) is 0 Å². The first-order valence-corrected chi connectivity index (χ1v) is 33.1. The van der Waals surface area contributed by atoms with E-state index in [0.29, 0.717) is 11.4 Å². The molecule has 0 fully saturated rings. The molecule has 92 heavy (non-hydrogen) atoms. The zero-order valence-electron chi connectivity index (χ0n) is 49.7. The van der Waals surface area contributed by atoms with E-state index in [1.54, 1.807) is 12.7 Å². The number of sulfonamides is 2. The van der Waals surface area contributed by atoms with Gasteiger partial charge in [-0.2, -0.15) is 26.3 Å². The smallest absolute Gasteiger partial charge is 0.430 e. The average molecular weight is 1290 g/mol. The Kier molecular flexibility index (Phi) is 20.7. The summed E-state index contributed by atoms with van der Waals surface area (Å²) in [6.45, 7) is -0.797. The third kappa shape index (κ3) is 16.1. The SMILES string of the molecule is O=C(OC(CCCc1cn(C(c2ccccc2)(c2ccccc2)c2ccccc2)cn1)CS(=O)(=O)NCc1ccc(C(F)(F)F)cc1)OC(CCCc1cn(C(c2ccccc2)(c2ccccc2)c2ccccc2)cn1)CS(=O)(=O)NCc1ccc(C(F)(F)F)cc1. The maximum Gasteiger partial charge on any atom is 0.508 e. The molecule has 0 saturated carbocycles. The number of carbonyl (C=O) groups is 1. The molecule has 2 heterocycles. The van der Waals surface area contributed by atoms with Crippen LogP contribution in [-0.2, 0) is 78.9 Å². The zero-order chi connectivity index (χ0) is 64.8. The topological polar surface area (TPSA) is 164 Å². The molecule has 0 aliphatic carbocycles. The Balaban J connectivity index is 0.903. The van der Waals surface area contributed by atoms with E-state index < -0.39 is 97.6 Å². The molecule has 2 aromatic heterocycles. The van der Waals surface area contributed by atoms with Crippen molar-refractivity contribution in [3.05, 3.63) is 323 Å². The number of carbonyl (C=O) groups excluding carboxylic acids is 1. The van der Waals surface area contributed by atoms with Crippen molar-refractivity contribution < 1.29 is 57.4 Å². The lowest BCUT2D eigenvalue weighted by molar-refractivity contribution is -0.138. The highest BCUT2D eigenvalue weighted by Gasteiger charge is 2.40. The van der Waals surface area contributed by atoms with E-state index in [0.717, 1.165) is 81.9 Å². The Morgan fingerprint density at radius 1 is 0.402 bits per heavy atom. The minimum absolute atomic E-state index is 0.0822. The molecule has 10 aromatic rings. The summed E-state index contributed by atoms with van der Waals surface area (Å²) in [7, 11) is -8.75. The number of nitrogens with zero attached hydrogens (tertiary/aromatic N) is 4. The molecule has 476 valence electrons. The summed E-state index contributed by atoms with van der Waals surface area (Å²) in [5, 5.41) is 0. The van der Waals surface area contributed by atoms with E-state index in [-0.39, 0.29) is 49.7 Å². The minimum Gasteiger partial charge on any atom is -0.430 e. The summed E-state index contributed by atoms with van der Waals surface area (Å²) < 4.78 is 157. The van der Waals surface area contributed by atoms with Crippen LogP contribution in [0.2, 0.25) is 0 Å². The summed E-state index contributed by atoms with van der Waals surface area (Å²) in [5.41, 5.74) is 3.76. The second kappa shape index (κ2) is 29.0. The molecule has 0 aliphatic rings. The molecule has 2 N–H and O–H groups in total. The Hall–Kier alpha value is -9.15. The molecule has 0 radical (unpaired) electrons. The van der Waals surface area contributed by atoms with Gasteiger partial charge in [-0.1, -0.05) is 206 Å². The lowest BCUT2D eigenvalue weighted by atomic mass is 9.77. The number of alkyl halides is 6. The quantitative estimate of drug-likeness (QED) is 0.0276. The zero-order valence-corrected chi connectivity index (χ0v) is 51.3. The lowest BCUT2D eigenvalue weighted by Crippen LogP contribution is -2.37. The van der Waals surface area contributed by atoms with Crippen LogP contribution in [-0.4, -0.2) is 65.8 Å². The van der Waals surface area contributed by atoms with Crippen molar-refractivity contribution in [3.8, 4) is 0 Å². The maximum absolute atomic E-state index is 14.2. The van der Waals surface area contributed by atoms with Gasteiger partial charge >= 0.3 is 18.5 Å². The lowest BCUT2D eigenvalue weighted by Gasteiger charge is -2.37. The molecule has 2 unspecified atom stereocenters. The highest BCUT2D eigenvalue weighted by atomic mass is 32.2. The van der Waals surface area contributed by atoms with E-state index in [1.165, 1.54) is 0 Å². The molecule has 2 atom stereocenters. The van der Waals surface area contributed by atoms with Crippen LogP contribution in [0.1, 0.15) is 92.7 Å². The van der Waals surface area contributed by atoms with Crippen molar-refractivity contribution >= 4 is 26.2 Å². The number of imidazole rings is 2. The Morgan fingerprint density at radius 3 is 0.935 bits per heavy atom. The summed E-state index contributed by atoms with van der Waals surface area (Å²) in [6.07, 6.45) is -5.42. The first-order valence-electron chi connectivity index (χ1n) is 29.8. The van der Waals surface area contributed by atoms with Crippen LogP contribution in [0.4, 0.5) is 31.1 Å². The van der Waals surface area contributed by atoms with E-state index in [9.17, 15) is 48.0 Å². The van der Waals surface area contributed by atoms with Gasteiger partial charge in [-0.05, 0) is 107 Å². The fraction of sp³-hybridized carbons (Fsp3) is 0.225. The van der Waals surface area contributed by atoms with Gasteiger partial charge in [-0.3, -0.25) is 0 Å². The predicted molar refractivity (Wildman–Crippen MR) is 339 cm³/mol. The van der Waals surface area contributed by atoms with E-state index in [2.05, 4.69) is 9.44 Å². The van der Waals surface area contributed by atoms with Gasteiger partial charge in [0, 0.05) is 25.5 Å². The van der Waals surface area contributed by atoms with Gasteiger partial charge in [-0.15, -0.1) is 0 Å². The standard InChI is InChI=1S/C71H66F6N6O7S2/c72-70(73,74)61-41-37-53(38-42-61)45-80-91(85,86)49-65(35-19-33-63-47-82(51-78-63)68(55-21-7-1-8-22-55,56-23-9-2-10-24-56)57-25-11-3-12-26-57)89-67(84)90-66(50-92(87,88)81-46-54-39-43-62(44-40-54)71(75,76)77)36-20-34-64-48-83(52-79-64)69(58-27-13-4-14-28-58,59-29-15-5-16-30-59)60-31-17-6-18-32-60/h1-18,21-32,37-44,47-48,51-52,65-66,80-81H,19-20,33-36,45-46,49-50H2. The molecule has 0 amide bonds. The van der Waals surface area contributed by atoms with Crippen LogP contribution in [0.15, 0.2) is 256 Å². The highest BCUT2D eigenvalue weighted by Crippen LogP contribution is 2.43. The van der Waals surface area contributed by atoms with Crippen molar-refractivity contribution in [1.82, 2.24) is 28.5 Å². The fourth-order valence-corrected chi connectivity index (χ4v) is 14.1. The van der Waals surface area contributed by atoms with Crippen LogP contribution < -0.4 is 9.44 Å². The number of rotatable bonds is 28. The fourth-order valence-electron chi connectivity index (χ4n) is 11.6. The molecule has 8 aromatic carbocycles. The second-order valence-electron chi connectivity index (χ2n) is 22.3. The number of nitrogens with one attached hydrogen (secondary N) is 2. The van der Waals surface area contributed by atoms with Crippen molar-refractivity contribution in [3.63, 3.8) is 0 Å². The molecule has 0 saturated heterocycles. The first-order chi connectivity index (χ1) is 44.2. The van der Waals surface area contributed by atoms with Crippen LogP contribution in [0.3, 0.4) is 0 Å². The third-order valence-electron chi connectivity index (χ3n) is 16.0. The van der Waals surface area contributed by atoms with E-state index in [1.807, 2.05) is 204 Å². The summed E-state index contributed by atoms with van der Waals surface area (Å²) in [5.74, 6) is -1.65. The van der Waals surface area contributed by atoms with Crippen LogP contribution in [0, 0.1) is 0 Å². The maximum atomic E-state index is 14.2. The summed E-state index contributed by atoms with van der Waals surface area (Å²) in [6, 6.07) is 67.5. The van der Waals surface area contributed by atoms with E-state index >= 15 is 0 Å². The van der Waals surface area contributed by atoms with Crippen molar-refractivity contribution in [1.29, 1.82) is 0 Å². The Morgan fingerprint density at radius 2 is 0.674 bits per heavy atom. The molecule has 0 spiro atoms. The first kappa shape index (κ1) is 65.8. The van der Waals surface area contributed by atoms with Crippen molar-refractivity contribution in [2.45, 2.75) is 87.3 Å². The van der Waals surface area contributed by atoms with E-state index in [4.69, 9.17) is 19.4 Å². The van der Waals surface area contributed by atoms with Gasteiger partial charge in [0.2, 0.25) is 20.0 Å². The highest BCUT2D eigenvalue weighted by molar-refractivity contribution is 7.89. The average Bonchev–Trinajstić information content (AvgIpc) is 1.19. The van der Waals surface area contributed by atoms with Gasteiger partial charge in [0.05, 0.1) is 35.2 Å². The van der Waals surface area contributed by atoms with Gasteiger partial charge in [-0.25, -0.2) is 41.0 Å². The third-order valence-corrected chi connectivity index (χ3v) is 18.8. The Bertz CT molecular complexity index is 3740. The predicted octanol–water partition coefficient (Wildman–Crippen LogP) is 14.3. The number of hydrogen-bond donors (Lipinski definition) is 2. The Labute approximate surface area is 530 Å². The largest absolute Gasteiger partial charge is 0.508 e. The number of hydrogen-bond acceptors (Lipinski definition) is 9. The molecule has 21 heteroatoms. The molecule has 13 nitrogen and oxygen atoms in total. The molecular weight excluding hydrogens is 1230 g/mol. The number of ether oxygens (including phenoxy) is 2. The number of halogens is 6. The number of aryl methyl sites for hydroxylation is 2. The summed E-state index contributed by atoms with van der Waals surface area (Å²) in [4.78, 5) is 23.9. The molecule has 0 bridgehead atoms. The summed E-state index contributed by atoms with van der Waals surface area (Å²) >= 11 is 0. The monoisotopic (exact) mass is 1290 g/mol.